The first-order valence-electron chi connectivity index (χ1n) is 8.41. The highest BCUT2D eigenvalue weighted by Crippen LogP contribution is 2.21. The molecule has 0 fully saturated rings. The molecule has 0 spiro atoms. The van der Waals surface area contributed by atoms with Crippen molar-refractivity contribution < 1.29 is 14.3 Å². The smallest absolute Gasteiger partial charge is 0.258 e. The Morgan fingerprint density at radius 1 is 0.885 bits per heavy atom. The fourth-order valence-corrected chi connectivity index (χ4v) is 2.61. The van der Waals surface area contributed by atoms with Crippen LogP contribution in [0.5, 0.6) is 5.75 Å². The predicted octanol–water partition coefficient (Wildman–Crippen LogP) is 4.59. The fraction of sp³-hybridized carbons (Fsp3) is 0.136. The van der Waals surface area contributed by atoms with Gasteiger partial charge in [0.1, 0.15) is 12.4 Å². The second-order valence-electron chi connectivity index (χ2n) is 5.81. The summed E-state index contributed by atoms with van der Waals surface area (Å²) in [4.78, 5) is 12.5. The third-order valence-electron chi connectivity index (χ3n) is 3.95. The molecule has 0 radical (unpaired) electrons. The number of ether oxygens (including phenoxy) is 2. The van der Waals surface area contributed by atoms with E-state index in [0.29, 0.717) is 12.3 Å². The summed E-state index contributed by atoms with van der Waals surface area (Å²) in [5.41, 5.74) is 2.62. The van der Waals surface area contributed by atoms with Crippen molar-refractivity contribution in [3.63, 3.8) is 0 Å². The summed E-state index contributed by atoms with van der Waals surface area (Å²) in [6, 6.07) is 26.7. The zero-order valence-corrected chi connectivity index (χ0v) is 14.6. The van der Waals surface area contributed by atoms with E-state index in [-0.39, 0.29) is 5.91 Å². The fourth-order valence-electron chi connectivity index (χ4n) is 2.61. The molecule has 0 aliphatic carbocycles. The number of anilines is 1. The van der Waals surface area contributed by atoms with E-state index in [1.807, 2.05) is 84.9 Å². The van der Waals surface area contributed by atoms with Crippen molar-refractivity contribution in [1.82, 2.24) is 0 Å². The summed E-state index contributed by atoms with van der Waals surface area (Å²) in [5.74, 6) is 0.537. The second kappa shape index (κ2) is 8.83. The molecule has 1 atom stereocenters. The van der Waals surface area contributed by atoms with E-state index < -0.39 is 6.10 Å². The SMILES string of the molecule is COC(C(=O)Nc1ccc(OCc2ccccc2)cc1)c1ccccc1. The van der Waals surface area contributed by atoms with Crippen molar-refractivity contribution in [2.75, 3.05) is 12.4 Å². The molecule has 0 aliphatic rings. The van der Waals surface area contributed by atoms with Crippen LogP contribution in [0.2, 0.25) is 0 Å². The number of carbonyl (C=O) groups excluding carboxylic acids is 1. The standard InChI is InChI=1S/C22H21NO3/c1-25-21(18-10-6-3-7-11-18)22(24)23-19-12-14-20(15-13-19)26-16-17-8-4-2-5-9-17/h2-15,21H,16H2,1H3,(H,23,24). The number of carbonyl (C=O) groups is 1. The van der Waals surface area contributed by atoms with E-state index in [1.54, 1.807) is 0 Å². The van der Waals surface area contributed by atoms with Crippen LogP contribution in [-0.2, 0) is 16.1 Å². The quantitative estimate of drug-likeness (QED) is 0.680. The van der Waals surface area contributed by atoms with Gasteiger partial charge in [-0.2, -0.15) is 0 Å². The molecule has 0 saturated carbocycles. The molecule has 3 aromatic carbocycles. The first kappa shape index (κ1) is 17.7. The van der Waals surface area contributed by atoms with Crippen molar-refractivity contribution in [2.24, 2.45) is 0 Å². The minimum atomic E-state index is -0.648. The molecule has 3 aromatic rings. The highest BCUT2D eigenvalue weighted by molar-refractivity contribution is 5.94. The Labute approximate surface area is 153 Å². The average Bonchev–Trinajstić information content (AvgIpc) is 2.70. The Hall–Kier alpha value is -3.11. The van der Waals surface area contributed by atoms with Gasteiger partial charge in [-0.25, -0.2) is 0 Å². The Morgan fingerprint density at radius 2 is 1.50 bits per heavy atom. The molecule has 1 unspecified atom stereocenters. The van der Waals surface area contributed by atoms with Gasteiger partial charge in [0.25, 0.3) is 5.91 Å². The number of nitrogens with one attached hydrogen (secondary N) is 1. The number of amides is 1. The lowest BCUT2D eigenvalue weighted by molar-refractivity contribution is -0.126. The maximum Gasteiger partial charge on any atom is 0.258 e. The number of methoxy groups -OCH3 is 1. The van der Waals surface area contributed by atoms with Gasteiger partial charge in [-0.05, 0) is 35.4 Å². The summed E-state index contributed by atoms with van der Waals surface area (Å²) in [7, 11) is 1.53. The molecule has 1 amide bonds. The highest BCUT2D eigenvalue weighted by atomic mass is 16.5. The maximum atomic E-state index is 12.5. The minimum Gasteiger partial charge on any atom is -0.489 e. The molecule has 132 valence electrons. The summed E-state index contributed by atoms with van der Waals surface area (Å²) >= 11 is 0. The first-order chi connectivity index (χ1) is 12.8. The number of benzene rings is 3. The average molecular weight is 347 g/mol. The lowest BCUT2D eigenvalue weighted by Gasteiger charge is -2.16. The van der Waals surface area contributed by atoms with Crippen molar-refractivity contribution in [2.45, 2.75) is 12.7 Å². The van der Waals surface area contributed by atoms with Crippen molar-refractivity contribution in [1.29, 1.82) is 0 Å². The van der Waals surface area contributed by atoms with Gasteiger partial charge in [0.05, 0.1) is 0 Å². The van der Waals surface area contributed by atoms with Crippen LogP contribution < -0.4 is 10.1 Å². The van der Waals surface area contributed by atoms with E-state index in [0.717, 1.165) is 16.9 Å². The molecule has 4 heteroatoms. The van der Waals surface area contributed by atoms with E-state index in [2.05, 4.69) is 5.32 Å². The zero-order chi connectivity index (χ0) is 18.2. The summed E-state index contributed by atoms with van der Waals surface area (Å²) in [6.07, 6.45) is -0.648. The Kier molecular flexibility index (Phi) is 6.01. The normalized spacial score (nSPS) is 11.6. The number of hydrogen-bond acceptors (Lipinski definition) is 3. The molecular weight excluding hydrogens is 326 g/mol. The van der Waals surface area contributed by atoms with E-state index >= 15 is 0 Å². The van der Waals surface area contributed by atoms with Crippen LogP contribution >= 0.6 is 0 Å². The van der Waals surface area contributed by atoms with Crippen molar-refractivity contribution in [3.8, 4) is 5.75 Å². The Balaban J connectivity index is 1.59. The minimum absolute atomic E-state index is 0.211. The van der Waals surface area contributed by atoms with E-state index in [4.69, 9.17) is 9.47 Å². The van der Waals surface area contributed by atoms with Gasteiger partial charge < -0.3 is 14.8 Å². The van der Waals surface area contributed by atoms with Crippen LogP contribution in [0.15, 0.2) is 84.9 Å². The van der Waals surface area contributed by atoms with Gasteiger partial charge in [-0.15, -0.1) is 0 Å². The van der Waals surface area contributed by atoms with Gasteiger partial charge in [0, 0.05) is 12.8 Å². The van der Waals surface area contributed by atoms with Gasteiger partial charge in [0.15, 0.2) is 6.10 Å². The molecule has 3 rings (SSSR count). The summed E-state index contributed by atoms with van der Waals surface area (Å²) in [5, 5.41) is 2.87. The van der Waals surface area contributed by atoms with Crippen LogP contribution in [-0.4, -0.2) is 13.0 Å². The lowest BCUT2D eigenvalue weighted by Crippen LogP contribution is -2.22. The molecule has 0 heterocycles. The highest BCUT2D eigenvalue weighted by Gasteiger charge is 2.19. The molecule has 26 heavy (non-hydrogen) atoms. The largest absolute Gasteiger partial charge is 0.489 e. The molecular formula is C22H21NO3. The molecule has 0 bridgehead atoms. The monoisotopic (exact) mass is 347 g/mol. The topological polar surface area (TPSA) is 47.6 Å². The van der Waals surface area contributed by atoms with Crippen LogP contribution in [0.25, 0.3) is 0 Å². The Morgan fingerprint density at radius 3 is 2.12 bits per heavy atom. The van der Waals surface area contributed by atoms with Gasteiger partial charge in [-0.3, -0.25) is 4.79 Å². The van der Waals surface area contributed by atoms with Gasteiger partial charge in [0.2, 0.25) is 0 Å². The molecule has 0 aliphatic heterocycles. The van der Waals surface area contributed by atoms with E-state index in [1.165, 1.54) is 7.11 Å². The van der Waals surface area contributed by atoms with Crippen LogP contribution in [0.3, 0.4) is 0 Å². The third kappa shape index (κ3) is 4.71. The second-order valence-corrected chi connectivity index (χ2v) is 5.81. The number of rotatable bonds is 7. The summed E-state index contributed by atoms with van der Waals surface area (Å²) in [6.45, 7) is 0.506. The van der Waals surface area contributed by atoms with Crippen LogP contribution in [0.4, 0.5) is 5.69 Å². The van der Waals surface area contributed by atoms with Crippen molar-refractivity contribution in [3.05, 3.63) is 96.1 Å². The Bertz CT molecular complexity index is 817. The zero-order valence-electron chi connectivity index (χ0n) is 14.6. The third-order valence-corrected chi connectivity index (χ3v) is 3.95. The predicted molar refractivity (Wildman–Crippen MR) is 102 cm³/mol. The van der Waals surface area contributed by atoms with Crippen LogP contribution in [0.1, 0.15) is 17.2 Å². The van der Waals surface area contributed by atoms with Gasteiger partial charge in [-0.1, -0.05) is 60.7 Å². The van der Waals surface area contributed by atoms with Crippen LogP contribution in [0, 0.1) is 0 Å². The summed E-state index contributed by atoms with van der Waals surface area (Å²) < 4.78 is 11.1. The molecule has 0 aromatic heterocycles. The molecule has 4 nitrogen and oxygen atoms in total. The lowest BCUT2D eigenvalue weighted by atomic mass is 10.1. The molecule has 0 saturated heterocycles. The van der Waals surface area contributed by atoms with Crippen molar-refractivity contribution >= 4 is 11.6 Å². The first-order valence-corrected chi connectivity index (χ1v) is 8.41. The number of hydrogen-bond donors (Lipinski definition) is 1. The van der Waals surface area contributed by atoms with Gasteiger partial charge >= 0.3 is 0 Å². The molecule has 1 N–H and O–H groups in total. The maximum absolute atomic E-state index is 12.5. The van der Waals surface area contributed by atoms with E-state index in [9.17, 15) is 4.79 Å².